The van der Waals surface area contributed by atoms with E-state index in [1.54, 1.807) is 43.3 Å². The van der Waals surface area contributed by atoms with Gasteiger partial charge in [-0.3, -0.25) is 9.59 Å². The number of hydrogen-bond acceptors (Lipinski definition) is 4. The fraction of sp³-hybridized carbons (Fsp3) is 0.333. The van der Waals surface area contributed by atoms with Gasteiger partial charge >= 0.3 is 0 Å². The normalized spacial score (nSPS) is 13.7. The van der Waals surface area contributed by atoms with E-state index in [0.29, 0.717) is 16.8 Å². The Morgan fingerprint density at radius 1 is 1.00 bits per heavy atom. The SMILES string of the molecule is Cc1ccc(C)c(S(=O)(=O)NCCNC(=O)c2ccc(NC(=O)C3CC3)cc2)c1. The molecule has 0 aliphatic heterocycles. The van der Waals surface area contributed by atoms with E-state index in [-0.39, 0.29) is 35.7 Å². The van der Waals surface area contributed by atoms with E-state index in [9.17, 15) is 18.0 Å². The average Bonchev–Trinajstić information content (AvgIpc) is 3.53. The van der Waals surface area contributed by atoms with Crippen LogP contribution in [0.25, 0.3) is 0 Å². The summed E-state index contributed by atoms with van der Waals surface area (Å²) in [6.45, 7) is 3.81. The lowest BCUT2D eigenvalue weighted by atomic mass is 10.2. The molecule has 0 heterocycles. The molecule has 0 spiro atoms. The van der Waals surface area contributed by atoms with Crippen molar-refractivity contribution in [1.82, 2.24) is 10.0 Å². The van der Waals surface area contributed by atoms with Gasteiger partial charge in [0.1, 0.15) is 0 Å². The minimum atomic E-state index is -3.64. The molecule has 29 heavy (non-hydrogen) atoms. The van der Waals surface area contributed by atoms with E-state index in [1.165, 1.54) is 0 Å². The van der Waals surface area contributed by atoms with Crippen LogP contribution in [0.4, 0.5) is 5.69 Å². The van der Waals surface area contributed by atoms with Crippen LogP contribution in [0.1, 0.15) is 34.3 Å². The molecule has 0 aromatic heterocycles. The van der Waals surface area contributed by atoms with Gasteiger partial charge in [0.2, 0.25) is 15.9 Å². The number of aryl methyl sites for hydroxylation is 2. The van der Waals surface area contributed by atoms with Crippen molar-refractivity contribution in [2.24, 2.45) is 5.92 Å². The second kappa shape index (κ2) is 8.75. The zero-order chi connectivity index (χ0) is 21.0. The van der Waals surface area contributed by atoms with Crippen molar-refractivity contribution in [1.29, 1.82) is 0 Å². The fourth-order valence-electron chi connectivity index (χ4n) is 2.83. The van der Waals surface area contributed by atoms with Crippen molar-refractivity contribution < 1.29 is 18.0 Å². The minimum absolute atomic E-state index is 0.0123. The van der Waals surface area contributed by atoms with Gasteiger partial charge in [0.15, 0.2) is 0 Å². The molecule has 8 heteroatoms. The molecule has 154 valence electrons. The van der Waals surface area contributed by atoms with Crippen LogP contribution in [0.2, 0.25) is 0 Å². The first kappa shape index (κ1) is 21.0. The molecule has 0 bridgehead atoms. The lowest BCUT2D eigenvalue weighted by Gasteiger charge is -2.11. The Morgan fingerprint density at radius 2 is 1.69 bits per heavy atom. The minimum Gasteiger partial charge on any atom is -0.351 e. The van der Waals surface area contributed by atoms with Gasteiger partial charge in [-0.1, -0.05) is 12.1 Å². The second-order valence-corrected chi connectivity index (χ2v) is 9.00. The zero-order valence-electron chi connectivity index (χ0n) is 16.5. The van der Waals surface area contributed by atoms with E-state index >= 15 is 0 Å². The third-order valence-corrected chi connectivity index (χ3v) is 6.30. The Kier molecular flexibility index (Phi) is 6.34. The number of anilines is 1. The number of sulfonamides is 1. The van der Waals surface area contributed by atoms with Gasteiger partial charge in [-0.2, -0.15) is 0 Å². The van der Waals surface area contributed by atoms with Gasteiger partial charge in [-0.05, 0) is 68.1 Å². The molecule has 2 aromatic rings. The summed E-state index contributed by atoms with van der Waals surface area (Å²) < 4.78 is 27.4. The van der Waals surface area contributed by atoms with Crippen LogP contribution in [0, 0.1) is 19.8 Å². The number of nitrogens with one attached hydrogen (secondary N) is 3. The zero-order valence-corrected chi connectivity index (χ0v) is 17.3. The summed E-state index contributed by atoms with van der Waals surface area (Å²) in [5.41, 5.74) is 2.62. The molecule has 1 fully saturated rings. The maximum Gasteiger partial charge on any atom is 0.251 e. The summed E-state index contributed by atoms with van der Waals surface area (Å²) in [6, 6.07) is 11.9. The molecule has 1 aliphatic carbocycles. The highest BCUT2D eigenvalue weighted by molar-refractivity contribution is 7.89. The largest absolute Gasteiger partial charge is 0.351 e. The van der Waals surface area contributed by atoms with E-state index in [2.05, 4.69) is 15.4 Å². The molecule has 3 rings (SSSR count). The van der Waals surface area contributed by atoms with Gasteiger partial charge in [0, 0.05) is 30.3 Å². The molecule has 1 aliphatic rings. The van der Waals surface area contributed by atoms with E-state index in [4.69, 9.17) is 0 Å². The molecule has 2 amide bonds. The third kappa shape index (κ3) is 5.65. The molecule has 2 aromatic carbocycles. The lowest BCUT2D eigenvalue weighted by Crippen LogP contribution is -2.35. The van der Waals surface area contributed by atoms with E-state index in [0.717, 1.165) is 18.4 Å². The summed E-state index contributed by atoms with van der Waals surface area (Å²) in [5.74, 6) is -0.181. The maximum atomic E-state index is 12.4. The van der Waals surface area contributed by atoms with Crippen molar-refractivity contribution in [3.8, 4) is 0 Å². The van der Waals surface area contributed by atoms with E-state index in [1.807, 2.05) is 13.0 Å². The number of benzene rings is 2. The molecule has 3 N–H and O–H groups in total. The van der Waals surface area contributed by atoms with Gasteiger partial charge in [-0.25, -0.2) is 13.1 Å². The van der Waals surface area contributed by atoms with Crippen LogP contribution in [0.3, 0.4) is 0 Å². The Labute approximate surface area is 171 Å². The Bertz CT molecular complexity index is 1010. The number of rotatable bonds is 8. The molecule has 1 saturated carbocycles. The summed E-state index contributed by atoms with van der Waals surface area (Å²) >= 11 is 0. The number of carbonyl (C=O) groups excluding carboxylic acids is 2. The van der Waals surface area contributed by atoms with Gasteiger partial charge in [-0.15, -0.1) is 0 Å². The highest BCUT2D eigenvalue weighted by Crippen LogP contribution is 2.30. The smallest absolute Gasteiger partial charge is 0.251 e. The lowest BCUT2D eigenvalue weighted by molar-refractivity contribution is -0.117. The quantitative estimate of drug-likeness (QED) is 0.576. The van der Waals surface area contributed by atoms with Gasteiger partial charge in [0.05, 0.1) is 4.90 Å². The van der Waals surface area contributed by atoms with Crippen LogP contribution in [0.5, 0.6) is 0 Å². The summed E-state index contributed by atoms with van der Waals surface area (Å²) in [5, 5.41) is 5.50. The predicted octanol–water partition coefficient (Wildman–Crippen LogP) is 2.36. The van der Waals surface area contributed by atoms with Crippen molar-refractivity contribution >= 4 is 27.5 Å². The van der Waals surface area contributed by atoms with Crippen LogP contribution in [0.15, 0.2) is 47.4 Å². The highest BCUT2D eigenvalue weighted by atomic mass is 32.2. The standard InChI is InChI=1S/C21H25N3O4S/c1-14-3-4-15(2)19(13-14)29(27,28)23-12-11-22-20(25)16-7-9-18(10-8-16)24-21(26)17-5-6-17/h3-4,7-10,13,17,23H,5-6,11-12H2,1-2H3,(H,22,25)(H,24,26). The summed E-state index contributed by atoms with van der Waals surface area (Å²) in [7, 11) is -3.64. The maximum absolute atomic E-state index is 12.4. The van der Waals surface area contributed by atoms with Crippen molar-refractivity contribution in [2.45, 2.75) is 31.6 Å². The molecule has 0 radical (unpaired) electrons. The highest BCUT2D eigenvalue weighted by Gasteiger charge is 2.29. The van der Waals surface area contributed by atoms with Gasteiger partial charge < -0.3 is 10.6 Å². The Morgan fingerprint density at radius 3 is 2.34 bits per heavy atom. The fourth-order valence-corrected chi connectivity index (χ4v) is 4.19. The number of amides is 2. The molecular formula is C21H25N3O4S. The molecule has 0 atom stereocenters. The van der Waals surface area contributed by atoms with Crippen molar-refractivity contribution in [3.05, 3.63) is 59.2 Å². The first-order valence-electron chi connectivity index (χ1n) is 9.52. The van der Waals surface area contributed by atoms with Crippen molar-refractivity contribution in [3.63, 3.8) is 0 Å². The van der Waals surface area contributed by atoms with E-state index < -0.39 is 10.0 Å². The van der Waals surface area contributed by atoms with Crippen LogP contribution in [-0.4, -0.2) is 33.3 Å². The summed E-state index contributed by atoms with van der Waals surface area (Å²) in [6.07, 6.45) is 1.86. The second-order valence-electron chi connectivity index (χ2n) is 7.26. The van der Waals surface area contributed by atoms with Crippen LogP contribution in [-0.2, 0) is 14.8 Å². The van der Waals surface area contributed by atoms with Gasteiger partial charge in [0.25, 0.3) is 5.91 Å². The molecular weight excluding hydrogens is 390 g/mol. The van der Waals surface area contributed by atoms with Crippen molar-refractivity contribution in [2.75, 3.05) is 18.4 Å². The first-order valence-corrected chi connectivity index (χ1v) is 11.0. The third-order valence-electron chi connectivity index (χ3n) is 4.70. The topological polar surface area (TPSA) is 104 Å². The summed E-state index contributed by atoms with van der Waals surface area (Å²) in [4.78, 5) is 24.2. The van der Waals surface area contributed by atoms with Crippen LogP contribution >= 0.6 is 0 Å². The Hall–Kier alpha value is -2.71. The Balaban J connectivity index is 1.48. The van der Waals surface area contributed by atoms with Crippen LogP contribution < -0.4 is 15.4 Å². The predicted molar refractivity (Wildman–Crippen MR) is 111 cm³/mol. The molecule has 0 unspecified atom stereocenters. The number of hydrogen-bond donors (Lipinski definition) is 3. The number of carbonyl (C=O) groups is 2. The first-order chi connectivity index (χ1) is 13.8. The monoisotopic (exact) mass is 415 g/mol. The molecule has 0 saturated heterocycles. The molecule has 7 nitrogen and oxygen atoms in total. The average molecular weight is 416 g/mol.